The molecule has 9 nitrogen and oxygen atoms in total. The van der Waals surface area contributed by atoms with Crippen LogP contribution in [0.25, 0.3) is 0 Å². The van der Waals surface area contributed by atoms with E-state index < -0.39 is 35.5 Å². The first-order chi connectivity index (χ1) is 20.3. The van der Waals surface area contributed by atoms with Crippen LogP contribution in [0.5, 0.6) is 11.6 Å². The Bertz CT molecular complexity index is 1690. The maximum Gasteiger partial charge on any atom is 0.269 e. The number of halogens is 3. The fraction of sp³-hybridized carbons (Fsp3) is 0.167. The van der Waals surface area contributed by atoms with E-state index in [0.29, 0.717) is 39.8 Å². The van der Waals surface area contributed by atoms with E-state index in [1.807, 2.05) is 0 Å². The Hall–Kier alpha value is -4.54. The second kappa shape index (κ2) is 12.5. The second-order valence-electron chi connectivity index (χ2n) is 9.10. The molecule has 2 amide bonds. The minimum absolute atomic E-state index is 0.220. The number of carbonyl (C=O) groups excluding carboxylic acids is 2. The van der Waals surface area contributed by atoms with Crippen LogP contribution in [0.15, 0.2) is 78.2 Å². The van der Waals surface area contributed by atoms with E-state index >= 15 is 4.39 Å². The van der Waals surface area contributed by atoms with Crippen LogP contribution in [0.2, 0.25) is 10.0 Å². The molecule has 214 valence electrons. The largest absolute Gasteiger partial charge is 0.493 e. The summed E-state index contributed by atoms with van der Waals surface area (Å²) in [6.45, 7) is 3.81. The first kappa shape index (κ1) is 29.0. The predicted octanol–water partition coefficient (Wildman–Crippen LogP) is 6.01. The summed E-state index contributed by atoms with van der Waals surface area (Å²) in [6.07, 6.45) is 2.27. The molecular formula is C30H24Cl2FN5O4. The van der Waals surface area contributed by atoms with Crippen LogP contribution in [0, 0.1) is 5.82 Å². The second-order valence-corrected chi connectivity index (χ2v) is 9.95. The van der Waals surface area contributed by atoms with Gasteiger partial charge in [0.1, 0.15) is 23.2 Å². The minimum atomic E-state index is -1.50. The molecule has 2 aromatic heterocycles. The third kappa shape index (κ3) is 6.05. The predicted molar refractivity (Wildman–Crippen MR) is 157 cm³/mol. The third-order valence-electron chi connectivity index (χ3n) is 6.30. The molecule has 3 heterocycles. The molecule has 0 saturated heterocycles. The average Bonchev–Trinajstić information content (AvgIpc) is 3.09. The Balaban J connectivity index is 1.55. The Kier molecular flexibility index (Phi) is 8.65. The Morgan fingerprint density at radius 3 is 2.71 bits per heavy atom. The van der Waals surface area contributed by atoms with Crippen LogP contribution in [0.3, 0.4) is 0 Å². The van der Waals surface area contributed by atoms with Gasteiger partial charge < -0.3 is 20.1 Å². The normalized spacial score (nSPS) is 15.0. The fourth-order valence-corrected chi connectivity index (χ4v) is 4.93. The molecule has 0 fully saturated rings. The van der Waals surface area contributed by atoms with E-state index in [0.717, 1.165) is 6.07 Å². The zero-order chi connectivity index (χ0) is 29.8. The number of hydrogen-bond donors (Lipinski definition) is 2. The first-order valence-electron chi connectivity index (χ1n) is 12.9. The van der Waals surface area contributed by atoms with E-state index in [-0.39, 0.29) is 16.6 Å². The number of pyridine rings is 2. The lowest BCUT2D eigenvalue weighted by Gasteiger charge is -2.18. The molecule has 2 aromatic carbocycles. The van der Waals surface area contributed by atoms with Gasteiger partial charge in [0.2, 0.25) is 12.0 Å². The monoisotopic (exact) mass is 607 g/mol. The van der Waals surface area contributed by atoms with Gasteiger partial charge in [0.05, 0.1) is 28.6 Å². The number of aromatic nitrogens is 2. The van der Waals surface area contributed by atoms with Crippen molar-refractivity contribution >= 4 is 46.4 Å². The maximum atomic E-state index is 15.1. The lowest BCUT2D eigenvalue weighted by molar-refractivity contribution is -0.117. The molecule has 5 rings (SSSR count). The molecule has 0 bridgehead atoms. The zero-order valence-corrected chi connectivity index (χ0v) is 23.9. The quantitative estimate of drug-likeness (QED) is 0.253. The number of rotatable bonds is 8. The molecule has 4 aromatic rings. The smallest absolute Gasteiger partial charge is 0.269 e. The fourth-order valence-electron chi connectivity index (χ4n) is 4.37. The summed E-state index contributed by atoms with van der Waals surface area (Å²) in [4.78, 5) is 39.6. The topological polar surface area (TPSA) is 115 Å². The summed E-state index contributed by atoms with van der Waals surface area (Å²) in [5.74, 6) is -2.44. The number of carbonyl (C=O) groups is 2. The number of para-hydroxylation sites is 1. The number of benzene rings is 2. The number of hydrogen-bond acceptors (Lipinski definition) is 7. The van der Waals surface area contributed by atoms with Gasteiger partial charge in [0, 0.05) is 34.7 Å². The number of aliphatic imine (C=N–C) groups is 1. The molecule has 0 spiro atoms. The van der Waals surface area contributed by atoms with Gasteiger partial charge in [-0.25, -0.2) is 14.4 Å². The molecule has 1 aliphatic heterocycles. The lowest BCUT2D eigenvalue weighted by atomic mass is 9.99. The van der Waals surface area contributed by atoms with E-state index in [1.54, 1.807) is 68.7 Å². The van der Waals surface area contributed by atoms with Gasteiger partial charge >= 0.3 is 0 Å². The first-order valence-corrected chi connectivity index (χ1v) is 13.6. The summed E-state index contributed by atoms with van der Waals surface area (Å²) < 4.78 is 26.7. The van der Waals surface area contributed by atoms with Crippen LogP contribution in [-0.4, -0.2) is 40.3 Å². The highest BCUT2D eigenvalue weighted by atomic mass is 35.5. The van der Waals surface area contributed by atoms with Crippen LogP contribution in [0.1, 0.15) is 47.0 Å². The highest BCUT2D eigenvalue weighted by Crippen LogP contribution is 2.36. The van der Waals surface area contributed by atoms with Crippen LogP contribution >= 0.6 is 23.2 Å². The van der Waals surface area contributed by atoms with Crippen molar-refractivity contribution in [1.29, 1.82) is 0 Å². The Morgan fingerprint density at radius 1 is 1.14 bits per heavy atom. The number of anilines is 1. The van der Waals surface area contributed by atoms with Crippen molar-refractivity contribution in [2.45, 2.75) is 26.1 Å². The number of ether oxygens (including phenoxy) is 2. The lowest BCUT2D eigenvalue weighted by Crippen LogP contribution is -2.42. The van der Waals surface area contributed by atoms with Gasteiger partial charge in [-0.3, -0.25) is 14.6 Å². The number of nitrogens with one attached hydrogen (secondary N) is 2. The van der Waals surface area contributed by atoms with Gasteiger partial charge in [-0.15, -0.1) is 0 Å². The standard InChI is InChI=1S/C30H24Cl2FN5O4/c1-3-41-23-14-18(31)13-20(32)24(23)26-19-8-4-5-9-22(19)36-29(40)27(37-26)38-28(39)25-21(33)10-12-35-30(25)42-16(2)17-7-6-11-34-15-17/h4-16,27H,3H2,1-2H3,(H,36,40)(H,38,39). The summed E-state index contributed by atoms with van der Waals surface area (Å²) in [5, 5.41) is 5.85. The molecule has 42 heavy (non-hydrogen) atoms. The van der Waals surface area contributed by atoms with Gasteiger partial charge in [-0.05, 0) is 44.2 Å². The summed E-state index contributed by atoms with van der Waals surface area (Å²) in [6, 6.07) is 14.6. The Labute approximate surface area is 250 Å². The van der Waals surface area contributed by atoms with Crippen molar-refractivity contribution < 1.29 is 23.5 Å². The van der Waals surface area contributed by atoms with Gasteiger partial charge in [-0.1, -0.05) is 47.5 Å². The highest BCUT2D eigenvalue weighted by molar-refractivity contribution is 6.39. The van der Waals surface area contributed by atoms with Crippen molar-refractivity contribution in [2.75, 3.05) is 11.9 Å². The van der Waals surface area contributed by atoms with E-state index in [4.69, 9.17) is 32.7 Å². The van der Waals surface area contributed by atoms with Crippen LogP contribution in [0.4, 0.5) is 10.1 Å². The molecule has 2 atom stereocenters. The average molecular weight is 608 g/mol. The number of benzodiazepines with no additional fused rings is 1. The van der Waals surface area contributed by atoms with Crippen molar-refractivity contribution in [3.63, 3.8) is 0 Å². The zero-order valence-electron chi connectivity index (χ0n) is 22.4. The number of nitrogens with zero attached hydrogens (tertiary/aromatic N) is 3. The van der Waals surface area contributed by atoms with Crippen molar-refractivity contribution in [3.05, 3.63) is 111 Å². The molecule has 2 N–H and O–H groups in total. The molecule has 0 saturated carbocycles. The number of amides is 2. The summed E-state index contributed by atoms with van der Waals surface area (Å²) in [5.41, 5.74) is 1.78. The van der Waals surface area contributed by atoms with Gasteiger partial charge in [0.15, 0.2) is 0 Å². The van der Waals surface area contributed by atoms with E-state index in [1.165, 1.54) is 12.3 Å². The van der Waals surface area contributed by atoms with Gasteiger partial charge in [0.25, 0.3) is 11.8 Å². The molecular weight excluding hydrogens is 584 g/mol. The van der Waals surface area contributed by atoms with E-state index in [9.17, 15) is 9.59 Å². The molecule has 0 radical (unpaired) electrons. The third-order valence-corrected chi connectivity index (χ3v) is 6.82. The SMILES string of the molecule is CCOc1cc(Cl)cc(Cl)c1C1=NC(NC(=O)c2c(F)ccnc2OC(C)c2cccnc2)C(=O)Nc2ccccc21. The minimum Gasteiger partial charge on any atom is -0.493 e. The summed E-state index contributed by atoms with van der Waals surface area (Å²) in [7, 11) is 0. The molecule has 2 unspecified atom stereocenters. The van der Waals surface area contributed by atoms with Crippen molar-refractivity contribution in [1.82, 2.24) is 15.3 Å². The number of fused-ring (bicyclic) bond motifs is 1. The molecule has 1 aliphatic rings. The van der Waals surface area contributed by atoms with Crippen molar-refractivity contribution in [3.8, 4) is 11.6 Å². The molecule has 0 aliphatic carbocycles. The maximum absolute atomic E-state index is 15.1. The van der Waals surface area contributed by atoms with Crippen LogP contribution in [-0.2, 0) is 4.79 Å². The highest BCUT2D eigenvalue weighted by Gasteiger charge is 2.32. The van der Waals surface area contributed by atoms with Crippen molar-refractivity contribution in [2.24, 2.45) is 4.99 Å². The Morgan fingerprint density at radius 2 is 1.95 bits per heavy atom. The molecule has 12 heteroatoms. The van der Waals surface area contributed by atoms with E-state index in [2.05, 4.69) is 25.6 Å². The van der Waals surface area contributed by atoms with Crippen LogP contribution < -0.4 is 20.1 Å². The van der Waals surface area contributed by atoms with Gasteiger partial charge in [-0.2, -0.15) is 0 Å². The summed E-state index contributed by atoms with van der Waals surface area (Å²) >= 11 is 12.9.